The summed E-state index contributed by atoms with van der Waals surface area (Å²) in [6.07, 6.45) is 1.16. The number of nitrogens with one attached hydrogen (secondary N) is 1. The number of nitro groups is 1. The first-order valence-corrected chi connectivity index (χ1v) is 5.95. The fraction of sp³-hybridized carbons (Fsp3) is 0.417. The topological polar surface area (TPSA) is 118 Å². The van der Waals surface area contributed by atoms with Crippen molar-refractivity contribution in [2.75, 3.05) is 11.9 Å². The maximum Gasteiger partial charge on any atom is 0.292 e. The molecular weight excluding hydrogens is 250 g/mol. The molecule has 1 unspecified atom stereocenters. The monoisotopic (exact) mass is 267 g/mol. The van der Waals surface area contributed by atoms with Crippen LogP contribution in [0, 0.1) is 10.1 Å². The Labute approximate surface area is 110 Å². The van der Waals surface area contributed by atoms with E-state index < -0.39 is 10.8 Å². The van der Waals surface area contributed by atoms with Crippen LogP contribution in [0.4, 0.5) is 11.4 Å². The van der Waals surface area contributed by atoms with Gasteiger partial charge in [0.25, 0.3) is 5.69 Å². The van der Waals surface area contributed by atoms with E-state index in [0.29, 0.717) is 12.8 Å². The molecule has 7 heteroatoms. The molecule has 0 bridgehead atoms. The third kappa shape index (κ3) is 3.92. The van der Waals surface area contributed by atoms with E-state index in [2.05, 4.69) is 5.32 Å². The van der Waals surface area contributed by atoms with Gasteiger partial charge in [0.05, 0.1) is 4.92 Å². The van der Waals surface area contributed by atoms with Gasteiger partial charge in [0.2, 0.25) is 5.91 Å². The van der Waals surface area contributed by atoms with Crippen LogP contribution in [0.15, 0.2) is 18.2 Å². The Morgan fingerprint density at radius 2 is 2.26 bits per heavy atom. The number of hydrogen-bond donors (Lipinski definition) is 3. The number of carbonyl (C=O) groups excluding carboxylic acids is 1. The van der Waals surface area contributed by atoms with Gasteiger partial charge in [-0.3, -0.25) is 14.9 Å². The number of nitro benzene ring substituents is 1. The molecule has 0 saturated heterocycles. The van der Waals surface area contributed by atoms with Crippen molar-refractivity contribution < 1.29 is 14.8 Å². The molecule has 0 aromatic heterocycles. The van der Waals surface area contributed by atoms with E-state index in [0.717, 1.165) is 0 Å². The Hall–Kier alpha value is -2.15. The minimum Gasteiger partial charge on any atom is -0.396 e. The van der Waals surface area contributed by atoms with Crippen LogP contribution in [-0.4, -0.2) is 28.6 Å². The zero-order chi connectivity index (χ0) is 14.4. The van der Waals surface area contributed by atoms with E-state index >= 15 is 0 Å². The Kier molecular flexibility index (Phi) is 5.25. The van der Waals surface area contributed by atoms with Crippen LogP contribution in [0.5, 0.6) is 0 Å². The Balaban J connectivity index is 3.09. The molecule has 1 rings (SSSR count). The average molecular weight is 267 g/mol. The van der Waals surface area contributed by atoms with Gasteiger partial charge in [-0.1, -0.05) is 6.92 Å². The molecule has 7 nitrogen and oxygen atoms in total. The van der Waals surface area contributed by atoms with Gasteiger partial charge in [-0.25, -0.2) is 0 Å². The van der Waals surface area contributed by atoms with Crippen LogP contribution >= 0.6 is 0 Å². The SMILES string of the molecule is CCC(CCO)Nc1cc(C(N)=O)ccc1[N+](=O)[O-]. The fourth-order valence-electron chi connectivity index (χ4n) is 1.72. The highest BCUT2D eigenvalue weighted by molar-refractivity contribution is 5.94. The summed E-state index contributed by atoms with van der Waals surface area (Å²) < 4.78 is 0. The first-order valence-electron chi connectivity index (χ1n) is 5.95. The Morgan fingerprint density at radius 3 is 2.74 bits per heavy atom. The van der Waals surface area contributed by atoms with Crippen LogP contribution < -0.4 is 11.1 Å². The maximum atomic E-state index is 11.1. The number of benzene rings is 1. The minimum absolute atomic E-state index is 0.0190. The highest BCUT2D eigenvalue weighted by Crippen LogP contribution is 2.26. The van der Waals surface area contributed by atoms with E-state index in [1.54, 1.807) is 0 Å². The van der Waals surface area contributed by atoms with Crippen LogP contribution in [-0.2, 0) is 0 Å². The van der Waals surface area contributed by atoms with E-state index in [1.807, 2.05) is 6.92 Å². The van der Waals surface area contributed by atoms with Crippen molar-refractivity contribution in [1.82, 2.24) is 0 Å². The predicted molar refractivity (Wildman–Crippen MR) is 71.0 cm³/mol. The van der Waals surface area contributed by atoms with Gasteiger partial charge < -0.3 is 16.2 Å². The van der Waals surface area contributed by atoms with Crippen molar-refractivity contribution in [2.24, 2.45) is 5.73 Å². The van der Waals surface area contributed by atoms with Crippen molar-refractivity contribution in [1.29, 1.82) is 0 Å². The summed E-state index contributed by atoms with van der Waals surface area (Å²) in [5.41, 5.74) is 5.47. The first kappa shape index (κ1) is 14.9. The number of carbonyl (C=O) groups is 1. The largest absolute Gasteiger partial charge is 0.396 e. The van der Waals surface area contributed by atoms with E-state index in [1.165, 1.54) is 18.2 Å². The molecule has 19 heavy (non-hydrogen) atoms. The standard InChI is InChI=1S/C12H17N3O4/c1-2-9(5-6-16)14-10-7-8(12(13)17)3-4-11(10)15(18)19/h3-4,7,9,14,16H,2,5-6H2,1H3,(H2,13,17). The van der Waals surface area contributed by atoms with Gasteiger partial charge in [-0.05, 0) is 25.0 Å². The van der Waals surface area contributed by atoms with Gasteiger partial charge in [-0.15, -0.1) is 0 Å². The normalized spacial score (nSPS) is 11.9. The lowest BCUT2D eigenvalue weighted by molar-refractivity contribution is -0.384. The van der Waals surface area contributed by atoms with Gasteiger partial charge in [-0.2, -0.15) is 0 Å². The van der Waals surface area contributed by atoms with Gasteiger partial charge >= 0.3 is 0 Å². The fourth-order valence-corrected chi connectivity index (χ4v) is 1.72. The van der Waals surface area contributed by atoms with Crippen LogP contribution in [0.1, 0.15) is 30.1 Å². The zero-order valence-electron chi connectivity index (χ0n) is 10.6. The minimum atomic E-state index is -0.645. The zero-order valence-corrected chi connectivity index (χ0v) is 10.6. The summed E-state index contributed by atoms with van der Waals surface area (Å²) in [5, 5.41) is 22.8. The molecule has 0 heterocycles. The number of nitrogens with zero attached hydrogens (tertiary/aromatic N) is 1. The lowest BCUT2D eigenvalue weighted by Crippen LogP contribution is -2.21. The summed E-state index contributed by atoms with van der Waals surface area (Å²) in [7, 11) is 0. The second-order valence-electron chi connectivity index (χ2n) is 4.12. The van der Waals surface area contributed by atoms with Crippen molar-refractivity contribution in [3.05, 3.63) is 33.9 Å². The van der Waals surface area contributed by atoms with E-state index in [-0.39, 0.29) is 29.6 Å². The third-order valence-corrected chi connectivity index (χ3v) is 2.81. The van der Waals surface area contributed by atoms with E-state index in [4.69, 9.17) is 10.8 Å². The van der Waals surface area contributed by atoms with Crippen LogP contribution in [0.25, 0.3) is 0 Å². The molecule has 0 aliphatic heterocycles. The van der Waals surface area contributed by atoms with Crippen LogP contribution in [0.3, 0.4) is 0 Å². The van der Waals surface area contributed by atoms with E-state index in [9.17, 15) is 14.9 Å². The summed E-state index contributed by atoms with van der Waals surface area (Å²) >= 11 is 0. The summed E-state index contributed by atoms with van der Waals surface area (Å²) in [6, 6.07) is 3.82. The molecule has 1 aromatic carbocycles. The summed E-state index contributed by atoms with van der Waals surface area (Å²) in [5.74, 6) is -0.645. The second kappa shape index (κ2) is 6.69. The number of primary amides is 1. The van der Waals surface area contributed by atoms with Gasteiger partial charge in [0.15, 0.2) is 0 Å². The molecule has 1 aromatic rings. The molecule has 0 aliphatic rings. The number of amides is 1. The van der Waals surface area contributed by atoms with Crippen molar-refractivity contribution in [3.63, 3.8) is 0 Å². The first-order chi connectivity index (χ1) is 8.99. The highest BCUT2D eigenvalue weighted by atomic mass is 16.6. The average Bonchev–Trinajstić information content (AvgIpc) is 2.37. The number of hydrogen-bond acceptors (Lipinski definition) is 5. The van der Waals surface area contributed by atoms with Crippen LogP contribution in [0.2, 0.25) is 0 Å². The van der Waals surface area contributed by atoms with Gasteiger partial charge in [0.1, 0.15) is 5.69 Å². The molecule has 0 radical (unpaired) electrons. The molecule has 0 fully saturated rings. The summed E-state index contributed by atoms with van der Waals surface area (Å²) in [6.45, 7) is 1.88. The lowest BCUT2D eigenvalue weighted by atomic mass is 10.1. The Morgan fingerprint density at radius 1 is 1.58 bits per heavy atom. The van der Waals surface area contributed by atoms with Gasteiger partial charge in [0, 0.05) is 24.3 Å². The molecular formula is C12H17N3O4. The molecule has 0 spiro atoms. The quantitative estimate of drug-likeness (QED) is 0.507. The smallest absolute Gasteiger partial charge is 0.292 e. The van der Waals surface area contributed by atoms with Crippen molar-refractivity contribution >= 4 is 17.3 Å². The molecule has 4 N–H and O–H groups in total. The molecule has 0 saturated carbocycles. The third-order valence-electron chi connectivity index (χ3n) is 2.81. The molecule has 1 atom stereocenters. The van der Waals surface area contributed by atoms with Crippen molar-refractivity contribution in [3.8, 4) is 0 Å². The number of nitrogens with two attached hydrogens (primary N) is 1. The Bertz CT molecular complexity index is 476. The number of aliphatic hydroxyl groups is 1. The predicted octanol–water partition coefficient (Wildman–Crippen LogP) is 1.27. The number of anilines is 1. The molecule has 0 aliphatic carbocycles. The lowest BCUT2D eigenvalue weighted by Gasteiger charge is -2.17. The molecule has 104 valence electrons. The number of rotatable bonds is 7. The molecule has 1 amide bonds. The maximum absolute atomic E-state index is 11.1. The second-order valence-corrected chi connectivity index (χ2v) is 4.12. The highest BCUT2D eigenvalue weighted by Gasteiger charge is 2.18. The number of aliphatic hydroxyl groups excluding tert-OH is 1. The van der Waals surface area contributed by atoms with Crippen molar-refractivity contribution in [2.45, 2.75) is 25.8 Å². The summed E-state index contributed by atoms with van der Waals surface area (Å²) in [4.78, 5) is 21.5.